The van der Waals surface area contributed by atoms with Crippen molar-refractivity contribution in [3.63, 3.8) is 0 Å². The predicted molar refractivity (Wildman–Crippen MR) is 74.4 cm³/mol. The quantitative estimate of drug-likeness (QED) is 0.590. The maximum absolute atomic E-state index is 6.13. The van der Waals surface area contributed by atoms with E-state index >= 15 is 0 Å². The number of pyridine rings is 1. The highest BCUT2D eigenvalue weighted by molar-refractivity contribution is 6.31. The number of rotatable bonds is 7. The molecule has 0 bridgehead atoms. The molecule has 3 N–H and O–H groups in total. The average molecular weight is 272 g/mol. The molecule has 0 saturated carbocycles. The fraction of sp³-hybridized carbons (Fsp3) is 0.615. The van der Waals surface area contributed by atoms with Gasteiger partial charge < -0.3 is 4.74 Å². The van der Waals surface area contributed by atoms with Gasteiger partial charge in [0.15, 0.2) is 0 Å². The minimum absolute atomic E-state index is 0.0115. The normalized spacial score (nSPS) is 13.6. The molecule has 0 saturated heterocycles. The Hall–Kier alpha value is -0.680. The highest BCUT2D eigenvalue weighted by Gasteiger charge is 2.35. The molecule has 4 nitrogen and oxygen atoms in total. The van der Waals surface area contributed by atoms with Gasteiger partial charge in [-0.05, 0) is 30.9 Å². The zero-order valence-corrected chi connectivity index (χ0v) is 12.0. The first-order chi connectivity index (χ1) is 8.63. The van der Waals surface area contributed by atoms with E-state index in [2.05, 4.69) is 24.3 Å². The number of nitrogens with one attached hydrogen (secondary N) is 1. The monoisotopic (exact) mass is 271 g/mol. The third-order valence-electron chi connectivity index (χ3n) is 3.72. The third kappa shape index (κ3) is 3.20. The second-order valence-electron chi connectivity index (χ2n) is 4.37. The Balaban J connectivity index is 2.94. The van der Waals surface area contributed by atoms with E-state index in [0.717, 1.165) is 18.4 Å². The smallest absolute Gasteiger partial charge is 0.0842 e. The van der Waals surface area contributed by atoms with Crippen molar-refractivity contribution in [2.24, 2.45) is 5.84 Å². The van der Waals surface area contributed by atoms with Gasteiger partial charge in [0.05, 0.1) is 16.7 Å². The predicted octanol–water partition coefficient (Wildman–Crippen LogP) is 2.31. The molecular formula is C13H22ClN3O. The number of hydrogen-bond donors (Lipinski definition) is 2. The van der Waals surface area contributed by atoms with Gasteiger partial charge in [0, 0.05) is 19.5 Å². The summed E-state index contributed by atoms with van der Waals surface area (Å²) in [6.07, 6.45) is 5.88. The molecule has 1 aromatic rings. The molecule has 0 aliphatic rings. The van der Waals surface area contributed by atoms with Gasteiger partial charge in [-0.2, -0.15) is 0 Å². The molecular weight excluding hydrogens is 250 g/mol. The number of ether oxygens (including phenoxy) is 1. The zero-order valence-electron chi connectivity index (χ0n) is 11.2. The first-order valence-electron chi connectivity index (χ1n) is 6.23. The third-order valence-corrected chi connectivity index (χ3v) is 4.06. The van der Waals surface area contributed by atoms with Gasteiger partial charge in [-0.15, -0.1) is 0 Å². The maximum atomic E-state index is 6.13. The SMILES string of the molecule is CCC(CC)(OC)C(Cc1ccncc1Cl)NN. The summed E-state index contributed by atoms with van der Waals surface area (Å²) >= 11 is 6.13. The fourth-order valence-corrected chi connectivity index (χ4v) is 2.56. The van der Waals surface area contributed by atoms with Gasteiger partial charge in [0.25, 0.3) is 0 Å². The van der Waals surface area contributed by atoms with Crippen LogP contribution in [0.15, 0.2) is 18.5 Å². The summed E-state index contributed by atoms with van der Waals surface area (Å²) in [7, 11) is 1.73. The van der Waals surface area contributed by atoms with Gasteiger partial charge in [-0.1, -0.05) is 25.4 Å². The number of halogens is 1. The number of aromatic nitrogens is 1. The second kappa shape index (κ2) is 7.04. The fourth-order valence-electron chi connectivity index (χ4n) is 2.36. The summed E-state index contributed by atoms with van der Waals surface area (Å²) in [5.74, 6) is 5.69. The molecule has 1 heterocycles. The lowest BCUT2D eigenvalue weighted by molar-refractivity contribution is -0.0473. The van der Waals surface area contributed by atoms with Gasteiger partial charge >= 0.3 is 0 Å². The molecule has 18 heavy (non-hydrogen) atoms. The highest BCUT2D eigenvalue weighted by atomic mass is 35.5. The van der Waals surface area contributed by atoms with Crippen molar-refractivity contribution in [1.29, 1.82) is 0 Å². The van der Waals surface area contributed by atoms with E-state index in [1.54, 1.807) is 19.5 Å². The molecule has 0 aliphatic carbocycles. The molecule has 1 unspecified atom stereocenters. The van der Waals surface area contributed by atoms with Gasteiger partial charge in [-0.25, -0.2) is 0 Å². The summed E-state index contributed by atoms with van der Waals surface area (Å²) in [5, 5.41) is 0.662. The van der Waals surface area contributed by atoms with E-state index < -0.39 is 0 Å². The van der Waals surface area contributed by atoms with Crippen molar-refractivity contribution in [1.82, 2.24) is 10.4 Å². The number of hydrazine groups is 1. The van der Waals surface area contributed by atoms with Crippen molar-refractivity contribution < 1.29 is 4.74 Å². The molecule has 0 fully saturated rings. The number of hydrogen-bond acceptors (Lipinski definition) is 4. The Morgan fingerprint density at radius 3 is 2.61 bits per heavy atom. The van der Waals surface area contributed by atoms with Crippen LogP contribution in [0, 0.1) is 0 Å². The first kappa shape index (κ1) is 15.4. The van der Waals surface area contributed by atoms with Crippen molar-refractivity contribution in [3.05, 3.63) is 29.0 Å². The van der Waals surface area contributed by atoms with Crippen molar-refractivity contribution in [2.45, 2.75) is 44.8 Å². The van der Waals surface area contributed by atoms with Crippen LogP contribution in [-0.4, -0.2) is 23.7 Å². The Kier molecular flexibility index (Phi) is 6.02. The average Bonchev–Trinajstić information content (AvgIpc) is 2.42. The van der Waals surface area contributed by atoms with E-state index in [0.29, 0.717) is 11.4 Å². The summed E-state index contributed by atoms with van der Waals surface area (Å²) in [6, 6.07) is 1.93. The number of methoxy groups -OCH3 is 1. The maximum Gasteiger partial charge on any atom is 0.0842 e. The van der Waals surface area contributed by atoms with Crippen molar-refractivity contribution in [3.8, 4) is 0 Å². The Bertz CT molecular complexity index is 361. The summed E-state index contributed by atoms with van der Waals surface area (Å²) in [6.45, 7) is 4.21. The Morgan fingerprint density at radius 1 is 1.50 bits per heavy atom. The first-order valence-corrected chi connectivity index (χ1v) is 6.61. The second-order valence-corrected chi connectivity index (χ2v) is 4.77. The van der Waals surface area contributed by atoms with E-state index in [-0.39, 0.29) is 11.6 Å². The standard InChI is InChI=1S/C13H22ClN3O/c1-4-13(5-2,18-3)12(17-15)8-10-6-7-16-9-11(10)14/h6-7,9,12,17H,4-5,8,15H2,1-3H3. The summed E-state index contributed by atoms with van der Waals surface area (Å²) in [5.41, 5.74) is 3.62. The van der Waals surface area contributed by atoms with Crippen LogP contribution in [-0.2, 0) is 11.2 Å². The van der Waals surface area contributed by atoms with Crippen LogP contribution in [0.3, 0.4) is 0 Å². The van der Waals surface area contributed by atoms with E-state index in [4.69, 9.17) is 22.2 Å². The lowest BCUT2D eigenvalue weighted by atomic mass is 9.85. The van der Waals surface area contributed by atoms with Crippen LogP contribution in [0.25, 0.3) is 0 Å². The van der Waals surface area contributed by atoms with Crippen molar-refractivity contribution in [2.75, 3.05) is 7.11 Å². The molecule has 5 heteroatoms. The van der Waals surface area contributed by atoms with Gasteiger partial charge in [0.1, 0.15) is 0 Å². The number of nitrogens with zero attached hydrogens (tertiary/aromatic N) is 1. The molecule has 1 rings (SSSR count). The molecule has 0 radical (unpaired) electrons. The van der Waals surface area contributed by atoms with Crippen LogP contribution < -0.4 is 11.3 Å². The van der Waals surface area contributed by atoms with Gasteiger partial charge in [-0.3, -0.25) is 16.3 Å². The largest absolute Gasteiger partial charge is 0.377 e. The van der Waals surface area contributed by atoms with Crippen LogP contribution >= 0.6 is 11.6 Å². The van der Waals surface area contributed by atoms with Crippen LogP contribution in [0.5, 0.6) is 0 Å². The molecule has 0 aromatic carbocycles. The minimum atomic E-state index is -0.276. The van der Waals surface area contributed by atoms with E-state index in [9.17, 15) is 0 Å². The lowest BCUT2D eigenvalue weighted by Gasteiger charge is -2.38. The van der Waals surface area contributed by atoms with E-state index in [1.807, 2.05) is 6.07 Å². The van der Waals surface area contributed by atoms with Crippen molar-refractivity contribution >= 4 is 11.6 Å². The molecule has 1 aromatic heterocycles. The topological polar surface area (TPSA) is 60.2 Å². The highest BCUT2D eigenvalue weighted by Crippen LogP contribution is 2.27. The minimum Gasteiger partial charge on any atom is -0.377 e. The molecule has 1 atom stereocenters. The summed E-state index contributed by atoms with van der Waals surface area (Å²) < 4.78 is 5.70. The van der Waals surface area contributed by atoms with Gasteiger partial charge in [0.2, 0.25) is 0 Å². The molecule has 0 aliphatic heterocycles. The van der Waals surface area contributed by atoms with Crippen LogP contribution in [0.1, 0.15) is 32.3 Å². The Labute approximate surface area is 114 Å². The number of nitrogens with two attached hydrogens (primary N) is 1. The lowest BCUT2D eigenvalue weighted by Crippen LogP contribution is -2.55. The molecule has 0 spiro atoms. The van der Waals surface area contributed by atoms with Crippen LogP contribution in [0.2, 0.25) is 5.02 Å². The molecule has 0 amide bonds. The summed E-state index contributed by atoms with van der Waals surface area (Å²) in [4.78, 5) is 3.99. The zero-order chi connectivity index (χ0) is 13.6. The van der Waals surface area contributed by atoms with Crippen LogP contribution in [0.4, 0.5) is 0 Å². The van der Waals surface area contributed by atoms with E-state index in [1.165, 1.54) is 0 Å². The Morgan fingerprint density at radius 2 is 2.17 bits per heavy atom. The molecule has 102 valence electrons.